The predicted molar refractivity (Wildman–Crippen MR) is 75.6 cm³/mol. The first-order chi connectivity index (χ1) is 9.56. The van der Waals surface area contributed by atoms with Gasteiger partial charge in [-0.1, -0.05) is 35.9 Å². The Hall–Kier alpha value is -2.40. The van der Waals surface area contributed by atoms with Crippen LogP contribution >= 0.6 is 11.6 Å². The summed E-state index contributed by atoms with van der Waals surface area (Å²) in [6, 6.07) is 8.96. The Labute approximate surface area is 119 Å². The van der Waals surface area contributed by atoms with Crippen LogP contribution in [0.2, 0.25) is 5.02 Å². The zero-order chi connectivity index (χ0) is 14.3. The zero-order valence-electron chi connectivity index (χ0n) is 10.5. The molecule has 0 aliphatic heterocycles. The van der Waals surface area contributed by atoms with Gasteiger partial charge in [0.05, 0.1) is 16.9 Å². The van der Waals surface area contributed by atoms with Crippen molar-refractivity contribution in [3.05, 3.63) is 52.9 Å². The third-order valence-corrected chi connectivity index (χ3v) is 3.37. The van der Waals surface area contributed by atoms with Crippen molar-refractivity contribution in [1.82, 2.24) is 14.8 Å². The number of carboxylic acids is 1. The van der Waals surface area contributed by atoms with Crippen LogP contribution in [-0.2, 0) is 0 Å². The van der Waals surface area contributed by atoms with Gasteiger partial charge in [-0.25, -0.2) is 14.5 Å². The largest absolute Gasteiger partial charge is 0.477 e. The van der Waals surface area contributed by atoms with E-state index in [4.69, 9.17) is 16.7 Å². The number of halogens is 1. The average Bonchev–Trinajstić information content (AvgIpc) is 2.77. The van der Waals surface area contributed by atoms with E-state index in [1.165, 1.54) is 4.68 Å². The fraction of sp³-hybridized carbons (Fsp3) is 0.0714. The van der Waals surface area contributed by atoms with Gasteiger partial charge in [-0.05, 0) is 18.4 Å². The van der Waals surface area contributed by atoms with Crippen LogP contribution < -0.4 is 0 Å². The first-order valence-corrected chi connectivity index (χ1v) is 6.29. The number of carbonyl (C=O) groups is 1. The number of rotatable bonds is 2. The minimum absolute atomic E-state index is 0.0250. The van der Waals surface area contributed by atoms with E-state index >= 15 is 0 Å². The highest BCUT2D eigenvalue weighted by Gasteiger charge is 2.13. The highest BCUT2D eigenvalue weighted by atomic mass is 35.5. The third kappa shape index (κ3) is 2.02. The first kappa shape index (κ1) is 12.6. The molecular weight excluding hydrogens is 278 g/mol. The Bertz CT molecular complexity index is 807. The van der Waals surface area contributed by atoms with Crippen LogP contribution in [-0.4, -0.2) is 25.8 Å². The number of aromatic nitrogens is 3. The quantitative estimate of drug-likeness (QED) is 0.786. The van der Waals surface area contributed by atoms with Gasteiger partial charge in [-0.15, -0.1) is 0 Å². The fourth-order valence-electron chi connectivity index (χ4n) is 2.01. The van der Waals surface area contributed by atoms with Crippen molar-refractivity contribution in [2.45, 2.75) is 6.92 Å². The molecule has 2 heterocycles. The number of fused-ring (bicyclic) bond motifs is 1. The van der Waals surface area contributed by atoms with Crippen molar-refractivity contribution in [2.24, 2.45) is 0 Å². The van der Waals surface area contributed by atoms with Gasteiger partial charge in [0.15, 0.2) is 11.5 Å². The van der Waals surface area contributed by atoms with Crippen LogP contribution in [0.1, 0.15) is 16.2 Å². The summed E-state index contributed by atoms with van der Waals surface area (Å²) in [6.07, 6.45) is 1.62. The van der Waals surface area contributed by atoms with Crippen molar-refractivity contribution >= 4 is 28.3 Å². The highest BCUT2D eigenvalue weighted by molar-refractivity contribution is 6.31. The number of aromatic carboxylic acids is 1. The van der Waals surface area contributed by atoms with E-state index in [2.05, 4.69) is 10.1 Å². The molecule has 0 radical (unpaired) electrons. The van der Waals surface area contributed by atoms with Gasteiger partial charge in [0.1, 0.15) is 0 Å². The maximum Gasteiger partial charge on any atom is 0.354 e. The first-order valence-electron chi connectivity index (χ1n) is 5.91. The standard InChI is InChI=1S/C14H10ClN3O2/c1-8-11(15)7-18(17-8)13-10-5-3-2-4-9(10)6-12(16-13)14(19)20/h2-7H,1H3,(H,19,20). The normalized spacial score (nSPS) is 10.9. The molecule has 1 N–H and O–H groups in total. The number of benzene rings is 1. The Kier molecular flexibility index (Phi) is 2.91. The number of pyridine rings is 1. The summed E-state index contributed by atoms with van der Waals surface area (Å²) in [7, 11) is 0. The molecule has 3 rings (SSSR count). The predicted octanol–water partition coefficient (Wildman–Crippen LogP) is 3.08. The summed E-state index contributed by atoms with van der Waals surface area (Å²) in [5.74, 6) is -0.623. The number of hydrogen-bond donors (Lipinski definition) is 1. The second-order valence-electron chi connectivity index (χ2n) is 4.36. The molecule has 5 nitrogen and oxygen atoms in total. The lowest BCUT2D eigenvalue weighted by atomic mass is 10.1. The van der Waals surface area contributed by atoms with Crippen LogP contribution in [0.3, 0.4) is 0 Å². The number of nitrogens with zero attached hydrogens (tertiary/aromatic N) is 3. The van der Waals surface area contributed by atoms with Crippen molar-refractivity contribution in [1.29, 1.82) is 0 Å². The topological polar surface area (TPSA) is 68.0 Å². The maximum atomic E-state index is 11.2. The van der Waals surface area contributed by atoms with Crippen LogP contribution in [0.4, 0.5) is 0 Å². The van der Waals surface area contributed by atoms with Crippen LogP contribution in [0.15, 0.2) is 36.5 Å². The Morgan fingerprint density at radius 1 is 1.35 bits per heavy atom. The van der Waals surface area contributed by atoms with Crippen LogP contribution in [0.25, 0.3) is 16.6 Å². The van der Waals surface area contributed by atoms with Crippen molar-refractivity contribution < 1.29 is 9.90 Å². The van der Waals surface area contributed by atoms with Crippen molar-refractivity contribution in [3.63, 3.8) is 0 Å². The molecule has 1 aromatic carbocycles. The molecule has 0 aliphatic rings. The Morgan fingerprint density at radius 3 is 2.75 bits per heavy atom. The minimum atomic E-state index is -1.08. The van der Waals surface area contributed by atoms with Gasteiger partial charge in [0.2, 0.25) is 0 Å². The zero-order valence-corrected chi connectivity index (χ0v) is 11.3. The number of carboxylic acid groups (broad SMARTS) is 1. The lowest BCUT2D eigenvalue weighted by molar-refractivity contribution is 0.0690. The lowest BCUT2D eigenvalue weighted by Crippen LogP contribution is -2.06. The SMILES string of the molecule is Cc1nn(-c2nc(C(=O)O)cc3ccccc23)cc1Cl. The molecule has 20 heavy (non-hydrogen) atoms. The van der Waals surface area contributed by atoms with Crippen LogP contribution in [0, 0.1) is 6.92 Å². The second kappa shape index (κ2) is 4.61. The molecule has 0 bridgehead atoms. The molecule has 6 heteroatoms. The van der Waals surface area contributed by atoms with E-state index in [-0.39, 0.29) is 5.69 Å². The third-order valence-electron chi connectivity index (χ3n) is 3.00. The molecule has 3 aromatic rings. The lowest BCUT2D eigenvalue weighted by Gasteiger charge is -2.07. The summed E-state index contributed by atoms with van der Waals surface area (Å²) in [5.41, 5.74) is 0.640. The van der Waals surface area contributed by atoms with E-state index in [9.17, 15) is 4.79 Å². The molecule has 0 aliphatic carbocycles. The number of aryl methyl sites for hydroxylation is 1. The second-order valence-corrected chi connectivity index (χ2v) is 4.77. The summed E-state index contributed by atoms with van der Waals surface area (Å²) in [4.78, 5) is 15.3. The van der Waals surface area contributed by atoms with Crippen LogP contribution in [0.5, 0.6) is 0 Å². The van der Waals surface area contributed by atoms with E-state index in [1.54, 1.807) is 19.2 Å². The molecule has 0 unspecified atom stereocenters. The molecule has 0 atom stereocenters. The number of hydrogen-bond acceptors (Lipinski definition) is 3. The van der Waals surface area contributed by atoms with Gasteiger partial charge in [-0.3, -0.25) is 0 Å². The highest BCUT2D eigenvalue weighted by Crippen LogP contribution is 2.23. The maximum absolute atomic E-state index is 11.2. The molecule has 100 valence electrons. The van der Waals surface area contributed by atoms with Gasteiger partial charge in [-0.2, -0.15) is 5.10 Å². The summed E-state index contributed by atoms with van der Waals surface area (Å²) in [6.45, 7) is 1.78. The van der Waals surface area contributed by atoms with E-state index in [0.717, 1.165) is 10.8 Å². The molecule has 0 amide bonds. The van der Waals surface area contributed by atoms with Gasteiger partial charge in [0, 0.05) is 5.39 Å². The summed E-state index contributed by atoms with van der Waals surface area (Å²) >= 11 is 6.01. The Balaban J connectivity index is 2.35. The Morgan fingerprint density at radius 2 is 2.10 bits per heavy atom. The smallest absolute Gasteiger partial charge is 0.354 e. The van der Waals surface area contributed by atoms with Crippen molar-refractivity contribution in [3.8, 4) is 5.82 Å². The van der Waals surface area contributed by atoms with Crippen molar-refractivity contribution in [2.75, 3.05) is 0 Å². The average molecular weight is 288 g/mol. The monoisotopic (exact) mass is 287 g/mol. The van der Waals surface area contributed by atoms with Gasteiger partial charge < -0.3 is 5.11 Å². The molecule has 2 aromatic heterocycles. The molecular formula is C14H10ClN3O2. The van der Waals surface area contributed by atoms with Gasteiger partial charge in [0.25, 0.3) is 0 Å². The molecule has 0 saturated heterocycles. The molecule has 0 saturated carbocycles. The summed E-state index contributed by atoms with van der Waals surface area (Å²) in [5, 5.41) is 15.5. The minimum Gasteiger partial charge on any atom is -0.477 e. The van der Waals surface area contributed by atoms with E-state index < -0.39 is 5.97 Å². The summed E-state index contributed by atoms with van der Waals surface area (Å²) < 4.78 is 1.51. The molecule has 0 spiro atoms. The van der Waals surface area contributed by atoms with Gasteiger partial charge >= 0.3 is 5.97 Å². The van der Waals surface area contributed by atoms with E-state index in [1.807, 2.05) is 24.3 Å². The fourth-order valence-corrected chi connectivity index (χ4v) is 2.14. The van der Waals surface area contributed by atoms with E-state index in [0.29, 0.717) is 16.5 Å². The molecule has 0 fully saturated rings.